The van der Waals surface area contributed by atoms with Crippen molar-refractivity contribution in [3.63, 3.8) is 0 Å². The number of rotatable bonds is 8. The van der Waals surface area contributed by atoms with Crippen LogP contribution >= 0.6 is 0 Å². The fourth-order valence-corrected chi connectivity index (χ4v) is 5.09. The molecule has 0 amide bonds. The van der Waals surface area contributed by atoms with Gasteiger partial charge in [-0.05, 0) is 71.0 Å². The van der Waals surface area contributed by atoms with Gasteiger partial charge in [0.1, 0.15) is 12.4 Å². The number of fused-ring (bicyclic) bond motifs is 1. The number of benzene rings is 2. The second-order valence-electron chi connectivity index (χ2n) is 9.66. The van der Waals surface area contributed by atoms with Crippen LogP contribution in [-0.4, -0.2) is 20.9 Å². The number of ether oxygens (including phenoxy) is 1. The van der Waals surface area contributed by atoms with E-state index >= 15 is 0 Å². The molecule has 0 bridgehead atoms. The van der Waals surface area contributed by atoms with Crippen molar-refractivity contribution in [2.45, 2.75) is 70.3 Å². The van der Waals surface area contributed by atoms with E-state index in [0.717, 1.165) is 23.4 Å². The van der Waals surface area contributed by atoms with Crippen molar-refractivity contribution in [3.8, 4) is 5.75 Å². The van der Waals surface area contributed by atoms with E-state index in [-0.39, 0.29) is 17.8 Å². The van der Waals surface area contributed by atoms with Crippen molar-refractivity contribution < 1.29 is 14.6 Å². The maximum Gasteiger partial charge on any atom is 0.304 e. The van der Waals surface area contributed by atoms with Crippen molar-refractivity contribution in [2.24, 2.45) is 7.05 Å². The number of carbonyl (C=O) groups is 1. The van der Waals surface area contributed by atoms with Gasteiger partial charge in [0.25, 0.3) is 0 Å². The molecule has 1 aliphatic rings. The molecule has 33 heavy (non-hydrogen) atoms. The molecule has 0 fully saturated rings. The molecule has 1 heterocycles. The highest BCUT2D eigenvalue weighted by atomic mass is 16.5. The van der Waals surface area contributed by atoms with Gasteiger partial charge in [-0.3, -0.25) is 9.48 Å². The Morgan fingerprint density at radius 2 is 2.00 bits per heavy atom. The summed E-state index contributed by atoms with van der Waals surface area (Å²) in [5.74, 6) is 0.309. The van der Waals surface area contributed by atoms with Crippen molar-refractivity contribution in [3.05, 3.63) is 82.7 Å². The molecule has 5 nitrogen and oxygen atoms in total. The summed E-state index contributed by atoms with van der Waals surface area (Å²) in [7, 11) is 1.84. The van der Waals surface area contributed by atoms with Crippen molar-refractivity contribution in [1.29, 1.82) is 0 Å². The quantitative estimate of drug-likeness (QED) is 0.449. The highest BCUT2D eigenvalue weighted by Crippen LogP contribution is 2.44. The molecule has 2 unspecified atom stereocenters. The minimum atomic E-state index is -0.831. The van der Waals surface area contributed by atoms with Crippen LogP contribution in [0.5, 0.6) is 5.75 Å². The molecule has 1 aromatic heterocycles. The van der Waals surface area contributed by atoms with Crippen molar-refractivity contribution >= 4 is 5.97 Å². The van der Waals surface area contributed by atoms with Gasteiger partial charge in [-0.1, -0.05) is 51.1 Å². The number of nitrogens with zero attached hydrogens (tertiary/aromatic N) is 2. The van der Waals surface area contributed by atoms with Crippen molar-refractivity contribution in [2.75, 3.05) is 0 Å². The molecule has 0 saturated carbocycles. The minimum absolute atomic E-state index is 0.0173. The zero-order valence-corrected chi connectivity index (χ0v) is 20.0. The zero-order valence-electron chi connectivity index (χ0n) is 20.0. The van der Waals surface area contributed by atoms with Crippen LogP contribution in [0.2, 0.25) is 0 Å². The number of hydrogen-bond donors (Lipinski definition) is 1. The molecule has 2 aromatic carbocycles. The maximum absolute atomic E-state index is 11.5. The monoisotopic (exact) mass is 446 g/mol. The Balaban J connectivity index is 1.49. The van der Waals surface area contributed by atoms with E-state index in [1.165, 1.54) is 29.5 Å². The third-order valence-electron chi connectivity index (χ3n) is 7.49. The topological polar surface area (TPSA) is 64.3 Å². The minimum Gasteiger partial charge on any atom is -0.489 e. The van der Waals surface area contributed by atoms with Crippen LogP contribution < -0.4 is 4.74 Å². The highest BCUT2D eigenvalue weighted by Gasteiger charge is 2.33. The molecule has 3 atom stereocenters. The Labute approximate surface area is 196 Å². The summed E-state index contributed by atoms with van der Waals surface area (Å²) in [5, 5.41) is 13.6. The zero-order chi connectivity index (χ0) is 23.6. The average Bonchev–Trinajstić information content (AvgIpc) is 3.24. The predicted octanol–water partition coefficient (Wildman–Crippen LogP) is 6.17. The van der Waals surface area contributed by atoms with Gasteiger partial charge < -0.3 is 9.84 Å². The van der Waals surface area contributed by atoms with Gasteiger partial charge in [0.05, 0.1) is 6.42 Å². The second-order valence-corrected chi connectivity index (χ2v) is 9.66. The molecule has 5 heteroatoms. The Morgan fingerprint density at radius 1 is 1.24 bits per heavy atom. The lowest BCUT2D eigenvalue weighted by atomic mass is 9.66. The van der Waals surface area contributed by atoms with Crippen LogP contribution in [-0.2, 0) is 23.9 Å². The summed E-state index contributed by atoms with van der Waals surface area (Å²) >= 11 is 0. The SMILES string of the molecule is CCC1(C)CCC(C)c2ccc(COc3ccc([C@H](CC(=O)O)c4ccnn4C)cc3)cc21. The summed E-state index contributed by atoms with van der Waals surface area (Å²) in [6, 6.07) is 16.5. The highest BCUT2D eigenvalue weighted by molar-refractivity contribution is 5.69. The summed E-state index contributed by atoms with van der Waals surface area (Å²) in [4.78, 5) is 11.5. The fraction of sp³-hybridized carbons (Fsp3) is 0.429. The lowest BCUT2D eigenvalue weighted by molar-refractivity contribution is -0.137. The predicted molar refractivity (Wildman–Crippen MR) is 130 cm³/mol. The number of carboxylic acids is 1. The lowest BCUT2D eigenvalue weighted by Gasteiger charge is -2.38. The van der Waals surface area contributed by atoms with Crippen LogP contribution in [0.15, 0.2) is 54.7 Å². The molecule has 3 aromatic rings. The first-order valence-electron chi connectivity index (χ1n) is 11.9. The van der Waals surface area contributed by atoms with Crippen molar-refractivity contribution in [1.82, 2.24) is 9.78 Å². The molecule has 0 radical (unpaired) electrons. The number of aryl methyl sites for hydroxylation is 1. The number of aromatic nitrogens is 2. The number of carboxylic acid groups (broad SMARTS) is 1. The first-order valence-corrected chi connectivity index (χ1v) is 11.9. The molecule has 0 saturated heterocycles. The van der Waals surface area contributed by atoms with Gasteiger partial charge in [0, 0.05) is 24.9 Å². The van der Waals surface area contributed by atoms with Gasteiger partial charge >= 0.3 is 5.97 Å². The smallest absolute Gasteiger partial charge is 0.304 e. The molecule has 174 valence electrons. The number of aliphatic carboxylic acids is 1. The van der Waals surface area contributed by atoms with E-state index < -0.39 is 5.97 Å². The van der Waals surface area contributed by atoms with Gasteiger partial charge in [-0.25, -0.2) is 0 Å². The summed E-state index contributed by atoms with van der Waals surface area (Å²) < 4.78 is 7.84. The number of hydrogen-bond acceptors (Lipinski definition) is 3. The summed E-state index contributed by atoms with van der Waals surface area (Å²) in [6.07, 6.45) is 5.35. The van der Waals surface area contributed by atoms with E-state index in [1.54, 1.807) is 10.9 Å². The van der Waals surface area contributed by atoms with E-state index in [2.05, 4.69) is 44.1 Å². The molecular weight excluding hydrogens is 412 g/mol. The van der Waals surface area contributed by atoms with E-state index in [0.29, 0.717) is 12.5 Å². The standard InChI is InChI=1S/C28H34N2O3/c1-5-28(3)14-12-19(2)23-11-6-20(16-25(23)28)18-33-22-9-7-21(8-10-22)24(17-27(31)32)26-13-15-29-30(26)4/h6-11,13,15-16,19,24H,5,12,14,17-18H2,1-4H3,(H,31,32)/t19?,24-,28?/m0/s1. The molecule has 0 spiro atoms. The third-order valence-corrected chi connectivity index (χ3v) is 7.49. The Bertz CT molecular complexity index is 1120. The summed E-state index contributed by atoms with van der Waals surface area (Å²) in [6.45, 7) is 7.51. The molecule has 4 rings (SSSR count). The van der Waals surface area contributed by atoms with E-state index in [4.69, 9.17) is 4.74 Å². The molecule has 0 aliphatic heterocycles. The van der Waals surface area contributed by atoms with Gasteiger partial charge in [0.15, 0.2) is 0 Å². The third kappa shape index (κ3) is 4.82. The lowest BCUT2D eigenvalue weighted by Crippen LogP contribution is -2.28. The first kappa shape index (κ1) is 23.1. The maximum atomic E-state index is 11.5. The van der Waals surface area contributed by atoms with Crippen LogP contribution in [0.4, 0.5) is 0 Å². The van der Waals surface area contributed by atoms with Gasteiger partial charge in [-0.15, -0.1) is 0 Å². The molecule has 1 N–H and O–H groups in total. The fourth-order valence-electron chi connectivity index (χ4n) is 5.09. The van der Waals surface area contributed by atoms with Gasteiger partial charge in [-0.2, -0.15) is 5.10 Å². The average molecular weight is 447 g/mol. The Morgan fingerprint density at radius 3 is 2.64 bits per heavy atom. The normalized spacial score (nSPS) is 20.8. The Hall–Kier alpha value is -3.08. The summed E-state index contributed by atoms with van der Waals surface area (Å²) in [5.41, 5.74) is 6.21. The largest absolute Gasteiger partial charge is 0.489 e. The first-order chi connectivity index (χ1) is 15.8. The van der Waals surface area contributed by atoms with Crippen LogP contribution in [0, 0.1) is 0 Å². The molecular formula is C28H34N2O3. The van der Waals surface area contributed by atoms with Crippen LogP contribution in [0.3, 0.4) is 0 Å². The molecule has 1 aliphatic carbocycles. The Kier molecular flexibility index (Phi) is 6.59. The van der Waals surface area contributed by atoms with E-state index in [1.807, 2.05) is 37.4 Å². The van der Waals surface area contributed by atoms with E-state index in [9.17, 15) is 9.90 Å². The second kappa shape index (κ2) is 9.42. The van der Waals surface area contributed by atoms with Crippen LogP contribution in [0.1, 0.15) is 86.2 Å². The van der Waals surface area contributed by atoms with Gasteiger partial charge in [0.2, 0.25) is 0 Å². The van der Waals surface area contributed by atoms with Crippen LogP contribution in [0.25, 0.3) is 0 Å².